The second kappa shape index (κ2) is 10.6. The molecule has 0 N–H and O–H groups in total. The highest BCUT2D eigenvalue weighted by atomic mass is 35.5. The van der Waals surface area contributed by atoms with Crippen molar-refractivity contribution in [1.29, 1.82) is 0 Å². The highest BCUT2D eigenvalue weighted by Gasteiger charge is 2.32. The van der Waals surface area contributed by atoms with Crippen molar-refractivity contribution in [3.8, 4) is 5.75 Å². The van der Waals surface area contributed by atoms with E-state index in [1.807, 2.05) is 84.9 Å². The molecule has 0 spiro atoms. The maximum atomic E-state index is 13.7. The molecule has 2 heterocycles. The summed E-state index contributed by atoms with van der Waals surface area (Å²) in [6.07, 6.45) is 1.82. The van der Waals surface area contributed by atoms with E-state index in [0.717, 1.165) is 16.7 Å². The zero-order chi connectivity index (χ0) is 25.9. The van der Waals surface area contributed by atoms with E-state index >= 15 is 0 Å². The molecule has 6 nitrogen and oxygen atoms in total. The number of aromatic nitrogens is 1. The van der Waals surface area contributed by atoms with Crippen LogP contribution >= 0.6 is 22.9 Å². The van der Waals surface area contributed by atoms with Crippen LogP contribution in [0.2, 0.25) is 5.02 Å². The monoisotopic (exact) mass is 530 g/mol. The summed E-state index contributed by atoms with van der Waals surface area (Å²) in [7, 11) is 1.33. The van der Waals surface area contributed by atoms with E-state index in [1.165, 1.54) is 18.4 Å². The molecule has 186 valence electrons. The second-order valence-corrected chi connectivity index (χ2v) is 9.92. The number of carbonyl (C=O) groups is 1. The van der Waals surface area contributed by atoms with Gasteiger partial charge in [0.1, 0.15) is 12.4 Å². The van der Waals surface area contributed by atoms with Gasteiger partial charge in [0.15, 0.2) is 4.80 Å². The van der Waals surface area contributed by atoms with Crippen molar-refractivity contribution in [3.05, 3.63) is 132 Å². The van der Waals surface area contributed by atoms with Gasteiger partial charge in [-0.15, -0.1) is 0 Å². The maximum Gasteiger partial charge on any atom is 0.338 e. The second-order valence-electron chi connectivity index (χ2n) is 8.47. The van der Waals surface area contributed by atoms with Crippen molar-refractivity contribution in [1.82, 2.24) is 4.57 Å². The summed E-state index contributed by atoms with van der Waals surface area (Å²) >= 11 is 7.24. The first-order valence-electron chi connectivity index (χ1n) is 11.6. The molecule has 0 aliphatic carbocycles. The third-order valence-electron chi connectivity index (χ3n) is 6.02. The fourth-order valence-electron chi connectivity index (χ4n) is 4.24. The van der Waals surface area contributed by atoms with Crippen molar-refractivity contribution in [2.75, 3.05) is 7.11 Å². The number of hydrogen-bond acceptors (Lipinski definition) is 6. The first-order chi connectivity index (χ1) is 17.9. The molecule has 0 amide bonds. The Morgan fingerprint density at radius 1 is 1.08 bits per heavy atom. The van der Waals surface area contributed by atoms with Gasteiger partial charge in [0.05, 0.1) is 29.0 Å². The number of halogens is 1. The van der Waals surface area contributed by atoms with Gasteiger partial charge in [0.2, 0.25) is 0 Å². The topological polar surface area (TPSA) is 69.9 Å². The summed E-state index contributed by atoms with van der Waals surface area (Å²) in [6, 6.07) is 23.8. The van der Waals surface area contributed by atoms with E-state index in [2.05, 4.69) is 4.99 Å². The van der Waals surface area contributed by atoms with Gasteiger partial charge < -0.3 is 9.47 Å². The first kappa shape index (κ1) is 24.7. The molecule has 1 aliphatic rings. The Hall–Kier alpha value is -3.94. The van der Waals surface area contributed by atoms with E-state index in [1.54, 1.807) is 11.5 Å². The molecule has 4 aromatic rings. The molecule has 1 atom stereocenters. The molecule has 0 unspecified atom stereocenters. The third kappa shape index (κ3) is 5.14. The van der Waals surface area contributed by atoms with Crippen LogP contribution in [0.5, 0.6) is 5.75 Å². The minimum atomic E-state index is -0.624. The number of nitrogens with zero attached hydrogens (tertiary/aromatic N) is 2. The fraction of sp³-hybridized carbons (Fsp3) is 0.138. The lowest BCUT2D eigenvalue weighted by Crippen LogP contribution is -2.39. The molecule has 8 heteroatoms. The zero-order valence-electron chi connectivity index (χ0n) is 20.2. The molecule has 37 heavy (non-hydrogen) atoms. The van der Waals surface area contributed by atoms with Crippen molar-refractivity contribution < 1.29 is 14.3 Å². The van der Waals surface area contributed by atoms with E-state index in [4.69, 9.17) is 21.1 Å². The van der Waals surface area contributed by atoms with Gasteiger partial charge in [0.25, 0.3) is 5.56 Å². The van der Waals surface area contributed by atoms with E-state index in [-0.39, 0.29) is 5.56 Å². The van der Waals surface area contributed by atoms with E-state index in [9.17, 15) is 9.59 Å². The van der Waals surface area contributed by atoms with Gasteiger partial charge in [-0.2, -0.15) is 0 Å². The Kier molecular flexibility index (Phi) is 7.08. The number of hydrogen-bond donors (Lipinski definition) is 0. The molecule has 3 aromatic carbocycles. The Labute approximate surface area is 222 Å². The van der Waals surface area contributed by atoms with Crippen LogP contribution in [-0.2, 0) is 16.1 Å². The largest absolute Gasteiger partial charge is 0.489 e. The minimum Gasteiger partial charge on any atom is -0.489 e. The number of rotatable bonds is 6. The molecule has 0 fully saturated rings. The molecule has 0 bridgehead atoms. The van der Waals surface area contributed by atoms with Crippen LogP contribution in [0.1, 0.15) is 29.7 Å². The van der Waals surface area contributed by atoms with Gasteiger partial charge in [-0.05, 0) is 54.0 Å². The molecule has 1 aromatic heterocycles. The van der Waals surface area contributed by atoms with Gasteiger partial charge >= 0.3 is 5.97 Å². The first-order valence-corrected chi connectivity index (χ1v) is 12.8. The predicted octanol–water partition coefficient (Wildman–Crippen LogP) is 4.64. The average molecular weight is 531 g/mol. The number of fused-ring (bicyclic) bond motifs is 1. The van der Waals surface area contributed by atoms with Crippen LogP contribution < -0.4 is 19.6 Å². The highest BCUT2D eigenvalue weighted by molar-refractivity contribution is 7.07. The van der Waals surface area contributed by atoms with Crippen LogP contribution in [-0.4, -0.2) is 17.6 Å². The summed E-state index contributed by atoms with van der Waals surface area (Å²) in [5.41, 5.74) is 3.29. The smallest absolute Gasteiger partial charge is 0.338 e. The van der Waals surface area contributed by atoms with E-state index < -0.39 is 12.0 Å². The Morgan fingerprint density at radius 3 is 2.57 bits per heavy atom. The third-order valence-corrected chi connectivity index (χ3v) is 7.25. The van der Waals surface area contributed by atoms with Gasteiger partial charge in [0, 0.05) is 5.02 Å². The SMILES string of the molecule is COC(=O)C1=C(C)N=c2s/c(=C\c3cccc(OCc4ccc(Cl)cc4)c3)c(=O)n2[C@@H]1c1ccccc1. The standard InChI is InChI=1S/C29H23ClN2O4S/c1-18-25(28(34)35-2)26(21-8-4-3-5-9-21)32-27(33)24(37-29(32)31-18)16-20-7-6-10-23(15-20)36-17-19-11-13-22(30)14-12-19/h3-16,26H,17H2,1-2H3/b24-16-/t26-/m1/s1. The van der Waals surface area contributed by atoms with Crippen molar-refractivity contribution in [2.24, 2.45) is 4.99 Å². The molecule has 5 rings (SSSR count). The number of carbonyl (C=O) groups excluding carboxylic acids is 1. The number of ether oxygens (including phenoxy) is 2. The van der Waals surface area contributed by atoms with Crippen molar-refractivity contribution in [3.63, 3.8) is 0 Å². The normalized spacial score (nSPS) is 15.2. The lowest BCUT2D eigenvalue weighted by atomic mass is 9.96. The highest BCUT2D eigenvalue weighted by Crippen LogP contribution is 2.30. The molecular weight excluding hydrogens is 508 g/mol. The van der Waals surface area contributed by atoms with Crippen LogP contribution in [0.15, 0.2) is 99.9 Å². The van der Waals surface area contributed by atoms with Crippen molar-refractivity contribution in [2.45, 2.75) is 19.6 Å². The Balaban J connectivity index is 1.53. The summed E-state index contributed by atoms with van der Waals surface area (Å²) in [4.78, 5) is 31.5. The molecule has 0 saturated heterocycles. The van der Waals surface area contributed by atoms with E-state index in [0.29, 0.717) is 38.0 Å². The molecule has 0 radical (unpaired) electrons. The van der Waals surface area contributed by atoms with Crippen LogP contribution in [0.4, 0.5) is 0 Å². The Bertz CT molecular complexity index is 1670. The number of allylic oxidation sites excluding steroid dienone is 1. The quantitative estimate of drug-likeness (QED) is 0.341. The number of methoxy groups -OCH3 is 1. The van der Waals surface area contributed by atoms with Crippen LogP contribution in [0.25, 0.3) is 6.08 Å². The lowest BCUT2D eigenvalue weighted by Gasteiger charge is -2.24. The minimum absolute atomic E-state index is 0.223. The fourth-order valence-corrected chi connectivity index (χ4v) is 5.41. The molecule has 0 saturated carbocycles. The Morgan fingerprint density at radius 2 is 1.84 bits per heavy atom. The summed E-state index contributed by atoms with van der Waals surface area (Å²) in [6.45, 7) is 2.16. The van der Waals surface area contributed by atoms with Gasteiger partial charge in [-0.25, -0.2) is 9.79 Å². The number of esters is 1. The van der Waals surface area contributed by atoms with Crippen molar-refractivity contribution >= 4 is 35.0 Å². The average Bonchev–Trinajstić information content (AvgIpc) is 3.21. The predicted molar refractivity (Wildman–Crippen MR) is 144 cm³/mol. The van der Waals surface area contributed by atoms with Crippen LogP contribution in [0, 0.1) is 0 Å². The van der Waals surface area contributed by atoms with Crippen LogP contribution in [0.3, 0.4) is 0 Å². The summed E-state index contributed by atoms with van der Waals surface area (Å²) in [5, 5.41) is 0.676. The maximum absolute atomic E-state index is 13.7. The number of thiazole rings is 1. The number of benzene rings is 3. The zero-order valence-corrected chi connectivity index (χ0v) is 21.8. The summed E-state index contributed by atoms with van der Waals surface area (Å²) < 4.78 is 13.1. The van der Waals surface area contributed by atoms with Gasteiger partial charge in [-0.3, -0.25) is 9.36 Å². The summed E-state index contributed by atoms with van der Waals surface area (Å²) in [5.74, 6) is 0.178. The van der Waals surface area contributed by atoms with Gasteiger partial charge in [-0.1, -0.05) is 77.5 Å². The molecular formula is C29H23ClN2O4S. The lowest BCUT2D eigenvalue weighted by molar-refractivity contribution is -0.136. The molecule has 1 aliphatic heterocycles.